The zero-order valence-electron chi connectivity index (χ0n) is 34.0. The number of hydrogen-bond donors (Lipinski definition) is 0. The van der Waals surface area contributed by atoms with Crippen molar-refractivity contribution in [2.24, 2.45) is 0 Å². The summed E-state index contributed by atoms with van der Waals surface area (Å²) in [4.78, 5) is 26.2. The molecule has 0 fully saturated rings. The number of esters is 1. The second-order valence-electron chi connectivity index (χ2n) is 17.7. The summed E-state index contributed by atoms with van der Waals surface area (Å²) in [5.74, 6) is 0.932. The summed E-state index contributed by atoms with van der Waals surface area (Å²) in [6.07, 6.45) is 1.36. The molecule has 5 nitrogen and oxygen atoms in total. The molecule has 3 aliphatic rings. The highest BCUT2D eigenvalue weighted by atomic mass is 16.7. The predicted molar refractivity (Wildman–Crippen MR) is 225 cm³/mol. The van der Waals surface area contributed by atoms with E-state index in [9.17, 15) is 9.59 Å². The maximum absolute atomic E-state index is 14.0. The highest BCUT2D eigenvalue weighted by molar-refractivity contribution is 5.95. The van der Waals surface area contributed by atoms with E-state index in [1.165, 1.54) is 27.8 Å². The maximum Gasteiger partial charge on any atom is 0.343 e. The third kappa shape index (κ3) is 5.73. The van der Waals surface area contributed by atoms with Gasteiger partial charge in [-0.15, -0.1) is 0 Å². The second kappa shape index (κ2) is 12.8. The Kier molecular flexibility index (Phi) is 8.23. The van der Waals surface area contributed by atoms with E-state index in [-0.39, 0.29) is 16.6 Å². The van der Waals surface area contributed by atoms with Gasteiger partial charge in [-0.1, -0.05) is 119 Å². The monoisotopic (exact) mass is 752 g/mol. The van der Waals surface area contributed by atoms with Gasteiger partial charge in [0.25, 0.3) is 5.79 Å². The Bertz CT molecular complexity index is 2580. The first-order valence-corrected chi connectivity index (χ1v) is 19.9. The van der Waals surface area contributed by atoms with Crippen molar-refractivity contribution < 1.29 is 23.8 Å². The molecule has 0 radical (unpaired) electrons. The molecule has 0 saturated carbocycles. The fraction of sp³-hybridized carbons (Fsp3) is 0.269. The fourth-order valence-corrected chi connectivity index (χ4v) is 9.95. The number of benzene rings is 6. The van der Waals surface area contributed by atoms with E-state index >= 15 is 0 Å². The van der Waals surface area contributed by atoms with Crippen LogP contribution in [0.3, 0.4) is 0 Å². The molecule has 286 valence electrons. The van der Waals surface area contributed by atoms with Gasteiger partial charge in [0.2, 0.25) is 0 Å². The number of carbonyl (C=O) groups is 2. The van der Waals surface area contributed by atoms with E-state index in [1.807, 2.05) is 55.5 Å². The summed E-state index contributed by atoms with van der Waals surface area (Å²) in [6, 6.07) is 41.1. The van der Waals surface area contributed by atoms with Crippen LogP contribution in [0.1, 0.15) is 118 Å². The van der Waals surface area contributed by atoms with Crippen molar-refractivity contribution in [1.82, 2.24) is 0 Å². The van der Waals surface area contributed by atoms with Crippen LogP contribution in [0.2, 0.25) is 0 Å². The van der Waals surface area contributed by atoms with Crippen LogP contribution in [0.15, 0.2) is 121 Å². The summed E-state index contributed by atoms with van der Waals surface area (Å²) in [5, 5.41) is 0. The first-order valence-electron chi connectivity index (χ1n) is 19.9. The van der Waals surface area contributed by atoms with Gasteiger partial charge in [0.15, 0.2) is 5.78 Å². The van der Waals surface area contributed by atoms with Gasteiger partial charge in [-0.2, -0.15) is 0 Å². The Balaban J connectivity index is 1.04. The average molecular weight is 753 g/mol. The number of ether oxygens (including phenoxy) is 3. The predicted octanol–water partition coefficient (Wildman–Crippen LogP) is 11.9. The van der Waals surface area contributed by atoms with Crippen LogP contribution in [0, 0.1) is 20.8 Å². The summed E-state index contributed by atoms with van der Waals surface area (Å²) in [6.45, 7) is 16.8. The lowest BCUT2D eigenvalue weighted by Crippen LogP contribution is -2.55. The summed E-state index contributed by atoms with van der Waals surface area (Å²) < 4.78 is 19.9. The highest BCUT2D eigenvalue weighted by Gasteiger charge is 2.53. The van der Waals surface area contributed by atoms with E-state index in [0.29, 0.717) is 29.7 Å². The van der Waals surface area contributed by atoms with Crippen LogP contribution >= 0.6 is 0 Å². The average Bonchev–Trinajstić information content (AvgIpc) is 3.47. The lowest BCUT2D eigenvalue weighted by atomic mass is 9.67. The minimum atomic E-state index is -0.825. The summed E-state index contributed by atoms with van der Waals surface area (Å²) in [7, 11) is 0. The van der Waals surface area contributed by atoms with E-state index < -0.39 is 17.2 Å². The molecule has 1 spiro atoms. The molecule has 2 heterocycles. The zero-order chi connectivity index (χ0) is 40.1. The smallest absolute Gasteiger partial charge is 0.343 e. The van der Waals surface area contributed by atoms with Crippen LogP contribution in [0.25, 0.3) is 11.1 Å². The van der Waals surface area contributed by atoms with Crippen molar-refractivity contribution >= 4 is 11.8 Å². The fourth-order valence-electron chi connectivity index (χ4n) is 9.95. The lowest BCUT2D eigenvalue weighted by Gasteiger charge is -2.51. The summed E-state index contributed by atoms with van der Waals surface area (Å²) >= 11 is 0. The van der Waals surface area contributed by atoms with Gasteiger partial charge >= 0.3 is 5.97 Å². The van der Waals surface area contributed by atoms with Crippen LogP contribution in [0.5, 0.6) is 17.2 Å². The van der Waals surface area contributed by atoms with E-state index in [1.54, 1.807) is 6.92 Å². The molecule has 1 atom stereocenters. The van der Waals surface area contributed by atoms with Gasteiger partial charge in [-0.3, -0.25) is 4.79 Å². The Morgan fingerprint density at radius 1 is 0.544 bits per heavy atom. The Hall–Kier alpha value is -5.94. The second-order valence-corrected chi connectivity index (χ2v) is 17.7. The molecule has 0 saturated heterocycles. The molecule has 6 aromatic rings. The number of rotatable bonds is 5. The molecule has 57 heavy (non-hydrogen) atoms. The minimum Gasteiger partial charge on any atom is -0.452 e. The van der Waals surface area contributed by atoms with E-state index in [0.717, 1.165) is 44.9 Å². The molecule has 0 N–H and O–H groups in total. The molecule has 1 unspecified atom stereocenters. The normalized spacial score (nSPS) is 18.9. The number of fused-ring (bicyclic) bond motifs is 5. The third-order valence-corrected chi connectivity index (χ3v) is 12.8. The van der Waals surface area contributed by atoms with Crippen molar-refractivity contribution in [2.45, 2.75) is 90.3 Å². The third-order valence-electron chi connectivity index (χ3n) is 12.8. The Morgan fingerprint density at radius 2 is 1.00 bits per heavy atom. The van der Waals surface area contributed by atoms with Crippen LogP contribution in [-0.2, 0) is 16.2 Å². The highest BCUT2D eigenvalue weighted by Crippen LogP contribution is 2.57. The zero-order valence-corrected chi connectivity index (χ0v) is 34.0. The van der Waals surface area contributed by atoms with Gasteiger partial charge < -0.3 is 14.2 Å². The molecule has 0 aromatic heterocycles. The standard InChI is InChI=1S/C52H48O5/c1-31-25-43-46(26-32(31)2)56-51(29-49(43,5)6)30-50(7,8)44-28-45(33(3)27-47(44)57-51)55-48(54)36-19-23-38(24-20-36)52(37-21-17-35(18-22-37)34(4)53)41-15-11-9-13-39(41)40-14-10-12-16-42(40)52/h9-28H,29-30H2,1-8H3. The number of aryl methyl sites for hydroxylation is 3. The van der Waals surface area contributed by atoms with Gasteiger partial charge in [-0.05, 0) is 108 Å². The van der Waals surface area contributed by atoms with E-state index in [4.69, 9.17) is 14.2 Å². The quantitative estimate of drug-likeness (QED) is 0.0995. The molecule has 6 aromatic carbocycles. The lowest BCUT2D eigenvalue weighted by molar-refractivity contribution is -0.166. The minimum absolute atomic E-state index is 0.0263. The molecule has 9 rings (SSSR count). The Labute approximate surface area is 335 Å². The van der Waals surface area contributed by atoms with Gasteiger partial charge in [0, 0.05) is 40.4 Å². The van der Waals surface area contributed by atoms with Crippen molar-refractivity contribution in [3.05, 3.63) is 183 Å². The topological polar surface area (TPSA) is 61.8 Å². The van der Waals surface area contributed by atoms with Crippen molar-refractivity contribution in [3.8, 4) is 28.4 Å². The van der Waals surface area contributed by atoms with Crippen molar-refractivity contribution in [1.29, 1.82) is 0 Å². The van der Waals surface area contributed by atoms with Crippen molar-refractivity contribution in [3.63, 3.8) is 0 Å². The SMILES string of the molecule is CC(=O)c1ccc(C2(c3ccc(C(=O)Oc4cc5c(cc4C)OC4(CC(C)(C)c6cc(C)c(C)cc6O4)CC5(C)C)cc3)c3ccccc3-c3ccccc32)cc1. The largest absolute Gasteiger partial charge is 0.452 e. The first-order chi connectivity index (χ1) is 27.1. The van der Waals surface area contributed by atoms with E-state index in [2.05, 4.69) is 114 Å². The van der Waals surface area contributed by atoms with Gasteiger partial charge in [0.05, 0.1) is 11.0 Å². The molecule has 1 aliphatic carbocycles. The Morgan fingerprint density at radius 3 is 1.53 bits per heavy atom. The van der Waals surface area contributed by atoms with Crippen molar-refractivity contribution in [2.75, 3.05) is 0 Å². The van der Waals surface area contributed by atoms with Gasteiger partial charge in [-0.25, -0.2) is 4.79 Å². The molecule has 2 aliphatic heterocycles. The number of Topliss-reactive ketones (excluding diaryl/α,β-unsaturated/α-hetero) is 1. The van der Waals surface area contributed by atoms with Gasteiger partial charge in [0.1, 0.15) is 17.2 Å². The molecular formula is C52H48O5. The first kappa shape index (κ1) is 36.7. The molecule has 5 heteroatoms. The van der Waals surface area contributed by atoms with Crippen LogP contribution < -0.4 is 14.2 Å². The molecular weight excluding hydrogens is 705 g/mol. The number of hydrogen-bond acceptors (Lipinski definition) is 5. The molecule has 0 bridgehead atoms. The number of ketones is 1. The van der Waals surface area contributed by atoms with Crippen LogP contribution in [-0.4, -0.2) is 17.5 Å². The maximum atomic E-state index is 14.0. The van der Waals surface area contributed by atoms with Crippen LogP contribution in [0.4, 0.5) is 0 Å². The molecule has 0 amide bonds. The number of carbonyl (C=O) groups excluding carboxylic acids is 2. The summed E-state index contributed by atoms with van der Waals surface area (Å²) in [5.41, 5.74) is 12.2.